The molecule has 1 aliphatic rings. The molecule has 0 radical (unpaired) electrons. The molecule has 2 aromatic heterocycles. The van der Waals surface area contributed by atoms with E-state index in [1.165, 1.54) is 28.4 Å². The Kier molecular flexibility index (Phi) is 7.16. The summed E-state index contributed by atoms with van der Waals surface area (Å²) < 4.78 is 13.7. The molecule has 0 aliphatic carbocycles. The predicted molar refractivity (Wildman–Crippen MR) is 133 cm³/mol. The minimum Gasteiger partial charge on any atom is -0.486 e. The van der Waals surface area contributed by atoms with Gasteiger partial charge in [0.15, 0.2) is 11.5 Å². The van der Waals surface area contributed by atoms with Crippen LogP contribution in [0.4, 0.5) is 5.69 Å². The second kappa shape index (κ2) is 10.4. The SMILES string of the molecule is C=CCn1c(=O)n(CC=C)c(=O)n(CC(=O)N(Cc2cccs2)c2ccc3c(c2)OCCO3)c1=O. The molecule has 0 unspecified atom stereocenters. The van der Waals surface area contributed by atoms with Crippen LogP contribution in [0.15, 0.2) is 75.4 Å². The number of anilines is 1. The average molecular weight is 497 g/mol. The lowest BCUT2D eigenvalue weighted by atomic mass is 10.2. The molecule has 3 heterocycles. The van der Waals surface area contributed by atoms with Crippen LogP contribution >= 0.6 is 11.3 Å². The number of ether oxygens (including phenoxy) is 2. The molecular weight excluding hydrogens is 472 g/mol. The summed E-state index contributed by atoms with van der Waals surface area (Å²) in [4.78, 5) is 54.5. The van der Waals surface area contributed by atoms with Crippen molar-refractivity contribution in [2.45, 2.75) is 26.2 Å². The average Bonchev–Trinajstić information content (AvgIpc) is 3.38. The molecule has 0 saturated carbocycles. The highest BCUT2D eigenvalue weighted by molar-refractivity contribution is 7.09. The van der Waals surface area contributed by atoms with Crippen molar-refractivity contribution in [1.29, 1.82) is 0 Å². The van der Waals surface area contributed by atoms with Gasteiger partial charge in [-0.3, -0.25) is 4.79 Å². The van der Waals surface area contributed by atoms with E-state index >= 15 is 0 Å². The van der Waals surface area contributed by atoms with E-state index in [2.05, 4.69) is 13.2 Å². The van der Waals surface area contributed by atoms with E-state index in [0.717, 1.165) is 18.6 Å². The third-order valence-electron chi connectivity index (χ3n) is 5.33. The molecule has 10 nitrogen and oxygen atoms in total. The molecular formula is C24H24N4O6S. The Morgan fingerprint density at radius 2 is 1.57 bits per heavy atom. The predicted octanol–water partition coefficient (Wildman–Crippen LogP) is 1.61. The van der Waals surface area contributed by atoms with Gasteiger partial charge in [0, 0.05) is 16.6 Å². The zero-order chi connectivity index (χ0) is 24.9. The minimum absolute atomic E-state index is 0.107. The summed E-state index contributed by atoms with van der Waals surface area (Å²) >= 11 is 1.47. The topological polar surface area (TPSA) is 105 Å². The largest absolute Gasteiger partial charge is 0.486 e. The summed E-state index contributed by atoms with van der Waals surface area (Å²) in [5.74, 6) is 0.564. The Labute approximate surface area is 204 Å². The summed E-state index contributed by atoms with van der Waals surface area (Å²) in [6, 6.07) is 8.88. The molecule has 11 heteroatoms. The number of amides is 1. The Balaban J connectivity index is 1.76. The number of allylic oxidation sites excluding steroid dienone is 2. The van der Waals surface area contributed by atoms with Crippen LogP contribution in [0.2, 0.25) is 0 Å². The summed E-state index contributed by atoms with van der Waals surface area (Å²) in [7, 11) is 0. The van der Waals surface area contributed by atoms with Crippen LogP contribution in [-0.4, -0.2) is 32.8 Å². The second-order valence-corrected chi connectivity index (χ2v) is 8.65. The van der Waals surface area contributed by atoms with Crippen molar-refractivity contribution in [3.8, 4) is 11.5 Å². The minimum atomic E-state index is -0.883. The van der Waals surface area contributed by atoms with E-state index in [1.807, 2.05) is 17.5 Å². The maximum absolute atomic E-state index is 13.6. The fourth-order valence-corrected chi connectivity index (χ4v) is 4.38. The summed E-state index contributed by atoms with van der Waals surface area (Å²) in [6.45, 7) is 7.39. The molecule has 35 heavy (non-hydrogen) atoms. The maximum atomic E-state index is 13.6. The molecule has 3 aromatic rings. The first-order valence-electron chi connectivity index (χ1n) is 10.8. The van der Waals surface area contributed by atoms with Gasteiger partial charge in [-0.2, -0.15) is 0 Å². The van der Waals surface area contributed by atoms with E-state index in [4.69, 9.17) is 9.47 Å². The number of aromatic nitrogens is 3. The lowest BCUT2D eigenvalue weighted by molar-refractivity contribution is -0.119. The number of carbonyl (C=O) groups is 1. The summed E-state index contributed by atoms with van der Waals surface area (Å²) in [6.07, 6.45) is 2.74. The lowest BCUT2D eigenvalue weighted by Crippen LogP contribution is -2.55. The fourth-order valence-electron chi connectivity index (χ4n) is 3.69. The number of hydrogen-bond donors (Lipinski definition) is 0. The van der Waals surface area contributed by atoms with Crippen LogP contribution in [0.3, 0.4) is 0 Å². The summed E-state index contributed by atoms with van der Waals surface area (Å²) in [5.41, 5.74) is -2.03. The Hall–Kier alpha value is -4.12. The number of thiophene rings is 1. The van der Waals surface area contributed by atoms with Crippen molar-refractivity contribution in [3.63, 3.8) is 0 Å². The zero-order valence-electron chi connectivity index (χ0n) is 18.9. The first-order chi connectivity index (χ1) is 16.9. The molecule has 0 N–H and O–H groups in total. The normalized spacial score (nSPS) is 12.2. The van der Waals surface area contributed by atoms with E-state index < -0.39 is 29.5 Å². The number of carbonyl (C=O) groups excluding carboxylic acids is 1. The third kappa shape index (κ3) is 4.90. The highest BCUT2D eigenvalue weighted by Crippen LogP contribution is 2.34. The third-order valence-corrected chi connectivity index (χ3v) is 6.20. The van der Waals surface area contributed by atoms with Gasteiger partial charge >= 0.3 is 17.1 Å². The van der Waals surface area contributed by atoms with Gasteiger partial charge in [0.05, 0.1) is 19.6 Å². The number of rotatable bonds is 9. The Morgan fingerprint density at radius 1 is 0.943 bits per heavy atom. The molecule has 4 rings (SSSR count). The molecule has 0 bridgehead atoms. The van der Waals surface area contributed by atoms with Crippen molar-refractivity contribution >= 4 is 22.9 Å². The highest BCUT2D eigenvalue weighted by atomic mass is 32.1. The fraction of sp³-hybridized carbons (Fsp3) is 0.250. The molecule has 0 fully saturated rings. The number of nitrogens with zero attached hydrogens (tertiary/aromatic N) is 4. The number of benzene rings is 1. The zero-order valence-corrected chi connectivity index (χ0v) is 19.7. The van der Waals surface area contributed by atoms with Crippen LogP contribution < -0.4 is 31.4 Å². The van der Waals surface area contributed by atoms with Crippen LogP contribution in [0.25, 0.3) is 0 Å². The molecule has 1 aromatic carbocycles. The monoisotopic (exact) mass is 496 g/mol. The molecule has 0 atom stereocenters. The van der Waals surface area contributed by atoms with Crippen LogP contribution in [0.5, 0.6) is 11.5 Å². The van der Waals surface area contributed by atoms with Gasteiger partial charge in [0.2, 0.25) is 5.91 Å². The van der Waals surface area contributed by atoms with Crippen molar-refractivity contribution in [2.75, 3.05) is 18.1 Å². The van der Waals surface area contributed by atoms with E-state index in [0.29, 0.717) is 30.4 Å². The molecule has 182 valence electrons. The molecule has 0 saturated heterocycles. The second-order valence-electron chi connectivity index (χ2n) is 7.62. The number of hydrogen-bond acceptors (Lipinski definition) is 7. The first-order valence-corrected chi connectivity index (χ1v) is 11.7. The first kappa shape index (κ1) is 24.0. The standard InChI is InChI=1S/C24H24N4O6S/c1-3-9-25-22(30)26(10-4-2)24(32)28(23(25)31)16-21(29)27(15-18-6-5-13-35-18)17-7-8-19-20(14-17)34-12-11-33-19/h3-8,13-14H,1-2,9-12,15-16H2. The van der Waals surface area contributed by atoms with Gasteiger partial charge in [-0.1, -0.05) is 18.2 Å². The summed E-state index contributed by atoms with van der Waals surface area (Å²) in [5, 5.41) is 1.89. The van der Waals surface area contributed by atoms with E-state index in [1.54, 1.807) is 18.2 Å². The van der Waals surface area contributed by atoms with Gasteiger partial charge in [-0.25, -0.2) is 28.1 Å². The Morgan fingerprint density at radius 3 is 2.17 bits per heavy atom. The quantitative estimate of drug-likeness (QED) is 0.417. The van der Waals surface area contributed by atoms with Crippen molar-refractivity contribution in [1.82, 2.24) is 13.7 Å². The van der Waals surface area contributed by atoms with Gasteiger partial charge in [0.25, 0.3) is 0 Å². The van der Waals surface area contributed by atoms with Crippen molar-refractivity contribution in [3.05, 3.63) is 97.4 Å². The Bertz CT molecular complexity index is 1390. The van der Waals surface area contributed by atoms with Crippen LogP contribution in [-0.2, 0) is 31.0 Å². The van der Waals surface area contributed by atoms with Crippen molar-refractivity contribution in [2.24, 2.45) is 0 Å². The van der Waals surface area contributed by atoms with Crippen molar-refractivity contribution < 1.29 is 14.3 Å². The van der Waals surface area contributed by atoms with Gasteiger partial charge in [-0.15, -0.1) is 24.5 Å². The van der Waals surface area contributed by atoms with Crippen LogP contribution in [0.1, 0.15) is 4.88 Å². The molecule has 1 amide bonds. The number of fused-ring (bicyclic) bond motifs is 1. The van der Waals surface area contributed by atoms with Gasteiger partial charge in [-0.05, 0) is 23.6 Å². The molecule has 0 spiro atoms. The van der Waals surface area contributed by atoms with Gasteiger partial charge < -0.3 is 14.4 Å². The highest BCUT2D eigenvalue weighted by Gasteiger charge is 2.23. The van der Waals surface area contributed by atoms with E-state index in [-0.39, 0.29) is 19.6 Å². The smallest absolute Gasteiger partial charge is 0.337 e. The van der Waals surface area contributed by atoms with Gasteiger partial charge in [0.1, 0.15) is 19.8 Å². The molecule has 1 aliphatic heterocycles. The lowest BCUT2D eigenvalue weighted by Gasteiger charge is -2.25. The van der Waals surface area contributed by atoms with Crippen LogP contribution in [0, 0.1) is 0 Å². The maximum Gasteiger partial charge on any atom is 0.337 e. The van der Waals surface area contributed by atoms with E-state index in [9.17, 15) is 19.2 Å².